The van der Waals surface area contributed by atoms with Crippen molar-refractivity contribution in [2.45, 2.75) is 38.1 Å². The first-order valence-electron chi connectivity index (χ1n) is 7.37. The molecular weight excluding hydrogens is 242 g/mol. The van der Waals surface area contributed by atoms with Gasteiger partial charge in [0.05, 0.1) is 6.54 Å². The molecule has 106 valence electrons. The Morgan fingerprint density at radius 2 is 1.58 bits per heavy atom. The summed E-state index contributed by atoms with van der Waals surface area (Å²) < 4.78 is 0. The maximum Gasteiger partial charge on any atom is 0.240 e. The number of hydrogen-bond acceptors (Lipinski definition) is 3. The van der Waals surface area contributed by atoms with E-state index >= 15 is 0 Å². The normalized spacial score (nSPS) is 41.0. The molecule has 4 rings (SSSR count). The monoisotopic (exact) mass is 265 g/mol. The second-order valence-electron chi connectivity index (χ2n) is 6.66. The fraction of sp³-hybridized carbons (Fsp3) is 0.857. The molecule has 4 fully saturated rings. The van der Waals surface area contributed by atoms with Gasteiger partial charge in [-0.2, -0.15) is 0 Å². The largest absolute Gasteiger partial charge is 0.368 e. The Morgan fingerprint density at radius 3 is 2.00 bits per heavy atom. The van der Waals surface area contributed by atoms with Crippen LogP contribution in [-0.2, 0) is 9.59 Å². The lowest BCUT2D eigenvalue weighted by Crippen LogP contribution is -2.59. The highest BCUT2D eigenvalue weighted by atomic mass is 16.2. The van der Waals surface area contributed by atoms with Crippen LogP contribution in [0, 0.1) is 29.6 Å². The van der Waals surface area contributed by atoms with Gasteiger partial charge in [-0.1, -0.05) is 0 Å². The summed E-state index contributed by atoms with van der Waals surface area (Å²) >= 11 is 0. The Bertz CT molecular complexity index is 368. The third-order valence-corrected chi connectivity index (χ3v) is 5.49. The van der Waals surface area contributed by atoms with Crippen molar-refractivity contribution in [3.05, 3.63) is 0 Å². The van der Waals surface area contributed by atoms with Gasteiger partial charge in [0.15, 0.2) is 0 Å². The predicted octanol–water partition coefficient (Wildman–Crippen LogP) is -0.0125. The first-order valence-corrected chi connectivity index (χ1v) is 7.37. The number of rotatable bonds is 4. The zero-order valence-electron chi connectivity index (χ0n) is 11.2. The van der Waals surface area contributed by atoms with Crippen LogP contribution in [0.5, 0.6) is 0 Å². The lowest BCUT2D eigenvalue weighted by Gasteiger charge is -2.55. The van der Waals surface area contributed by atoms with Gasteiger partial charge in [0, 0.05) is 0 Å². The average molecular weight is 265 g/mol. The summed E-state index contributed by atoms with van der Waals surface area (Å²) in [5.41, 5.74) is 10.9. The SMILES string of the molecule is NCC(=O)NC(C(N)=O)C1C2CC3CC(C2)CC1C3. The Kier molecular flexibility index (Phi) is 3.25. The van der Waals surface area contributed by atoms with Gasteiger partial charge in [-0.25, -0.2) is 0 Å². The van der Waals surface area contributed by atoms with Crippen molar-refractivity contribution in [3.63, 3.8) is 0 Å². The van der Waals surface area contributed by atoms with Gasteiger partial charge >= 0.3 is 0 Å². The lowest BCUT2D eigenvalue weighted by atomic mass is 9.50. The lowest BCUT2D eigenvalue weighted by molar-refractivity contribution is -0.133. The summed E-state index contributed by atoms with van der Waals surface area (Å²) in [5, 5.41) is 2.76. The fourth-order valence-corrected chi connectivity index (χ4v) is 5.10. The van der Waals surface area contributed by atoms with E-state index < -0.39 is 11.9 Å². The molecule has 0 spiro atoms. The van der Waals surface area contributed by atoms with E-state index in [9.17, 15) is 9.59 Å². The molecule has 5 N–H and O–H groups in total. The minimum Gasteiger partial charge on any atom is -0.368 e. The summed E-state index contributed by atoms with van der Waals surface area (Å²) in [6.45, 7) is -0.0862. The van der Waals surface area contributed by atoms with Gasteiger partial charge in [-0.3, -0.25) is 9.59 Å². The van der Waals surface area contributed by atoms with E-state index in [2.05, 4.69) is 5.32 Å². The van der Waals surface area contributed by atoms with Gasteiger partial charge in [0.2, 0.25) is 11.8 Å². The maximum atomic E-state index is 11.7. The molecule has 0 aromatic carbocycles. The summed E-state index contributed by atoms with van der Waals surface area (Å²) in [6, 6.07) is -0.522. The van der Waals surface area contributed by atoms with Gasteiger partial charge in [-0.15, -0.1) is 0 Å². The minimum atomic E-state index is -0.522. The zero-order chi connectivity index (χ0) is 13.6. The standard InChI is InChI=1S/C14H23N3O2/c15-6-11(18)17-13(14(16)19)12-9-2-7-1-8(4-9)5-10(12)3-7/h7-10,12-13H,1-6,15H2,(H2,16,19)(H,17,18). The predicted molar refractivity (Wildman–Crippen MR) is 70.7 cm³/mol. The van der Waals surface area contributed by atoms with E-state index in [0.717, 1.165) is 11.8 Å². The summed E-state index contributed by atoms with van der Waals surface area (Å²) in [6.07, 6.45) is 6.20. The molecule has 5 heteroatoms. The third-order valence-electron chi connectivity index (χ3n) is 5.49. The van der Waals surface area contributed by atoms with Crippen LogP contribution in [0.25, 0.3) is 0 Å². The van der Waals surface area contributed by atoms with Crippen molar-refractivity contribution in [1.29, 1.82) is 0 Å². The quantitative estimate of drug-likeness (QED) is 0.666. The van der Waals surface area contributed by atoms with Crippen molar-refractivity contribution in [3.8, 4) is 0 Å². The van der Waals surface area contributed by atoms with E-state index in [4.69, 9.17) is 11.5 Å². The van der Waals surface area contributed by atoms with E-state index in [1.54, 1.807) is 0 Å². The van der Waals surface area contributed by atoms with Gasteiger partial charge in [0.25, 0.3) is 0 Å². The van der Waals surface area contributed by atoms with Crippen molar-refractivity contribution < 1.29 is 9.59 Å². The summed E-state index contributed by atoms with van der Waals surface area (Å²) in [5.74, 6) is 2.37. The molecule has 0 heterocycles. The Labute approximate surface area is 113 Å². The maximum absolute atomic E-state index is 11.7. The molecule has 0 aromatic heterocycles. The van der Waals surface area contributed by atoms with Crippen LogP contribution in [0.2, 0.25) is 0 Å². The van der Waals surface area contributed by atoms with Gasteiger partial charge in [-0.05, 0) is 61.7 Å². The molecule has 4 saturated carbocycles. The number of carbonyl (C=O) groups excluding carboxylic acids is 2. The summed E-state index contributed by atoms with van der Waals surface area (Å²) in [7, 11) is 0. The topological polar surface area (TPSA) is 98.2 Å². The molecule has 2 amide bonds. The van der Waals surface area contributed by atoms with Crippen LogP contribution < -0.4 is 16.8 Å². The molecule has 1 atom stereocenters. The highest BCUT2D eigenvalue weighted by molar-refractivity contribution is 5.87. The van der Waals surface area contributed by atoms with Crippen molar-refractivity contribution in [2.24, 2.45) is 41.1 Å². The molecule has 5 nitrogen and oxygen atoms in total. The highest BCUT2D eigenvalue weighted by Gasteiger charge is 2.51. The Balaban J connectivity index is 1.78. The highest BCUT2D eigenvalue weighted by Crippen LogP contribution is 2.57. The van der Waals surface area contributed by atoms with Crippen molar-refractivity contribution >= 4 is 11.8 Å². The zero-order valence-corrected chi connectivity index (χ0v) is 11.2. The smallest absolute Gasteiger partial charge is 0.240 e. The number of hydrogen-bond donors (Lipinski definition) is 3. The van der Waals surface area contributed by atoms with Crippen LogP contribution in [0.3, 0.4) is 0 Å². The minimum absolute atomic E-state index is 0.0862. The Morgan fingerprint density at radius 1 is 1.05 bits per heavy atom. The third kappa shape index (κ3) is 2.24. The van der Waals surface area contributed by atoms with Crippen molar-refractivity contribution in [2.75, 3.05) is 6.54 Å². The fourth-order valence-electron chi connectivity index (χ4n) is 5.10. The molecule has 0 aromatic rings. The molecule has 4 aliphatic rings. The summed E-state index contributed by atoms with van der Waals surface area (Å²) in [4.78, 5) is 23.3. The molecule has 4 aliphatic carbocycles. The van der Waals surface area contributed by atoms with Crippen LogP contribution in [0.4, 0.5) is 0 Å². The van der Waals surface area contributed by atoms with E-state index in [1.165, 1.54) is 32.1 Å². The molecule has 1 unspecified atom stereocenters. The first kappa shape index (κ1) is 12.9. The Hall–Kier alpha value is -1.10. The van der Waals surface area contributed by atoms with Crippen molar-refractivity contribution in [1.82, 2.24) is 5.32 Å². The number of nitrogens with one attached hydrogen (secondary N) is 1. The van der Waals surface area contributed by atoms with Crippen LogP contribution in [0.15, 0.2) is 0 Å². The van der Waals surface area contributed by atoms with Gasteiger partial charge in [0.1, 0.15) is 6.04 Å². The number of nitrogens with two attached hydrogens (primary N) is 2. The second-order valence-corrected chi connectivity index (χ2v) is 6.66. The van der Waals surface area contributed by atoms with E-state index in [1.807, 2.05) is 0 Å². The molecule has 0 saturated heterocycles. The number of amides is 2. The average Bonchev–Trinajstić information content (AvgIpc) is 2.35. The van der Waals surface area contributed by atoms with Crippen LogP contribution in [0.1, 0.15) is 32.1 Å². The van der Waals surface area contributed by atoms with E-state index in [0.29, 0.717) is 11.8 Å². The van der Waals surface area contributed by atoms with Crippen LogP contribution >= 0.6 is 0 Å². The number of carbonyl (C=O) groups is 2. The molecular formula is C14H23N3O2. The van der Waals surface area contributed by atoms with Gasteiger partial charge < -0.3 is 16.8 Å². The molecule has 4 bridgehead atoms. The van der Waals surface area contributed by atoms with E-state index in [-0.39, 0.29) is 18.4 Å². The molecule has 0 radical (unpaired) electrons. The number of primary amides is 1. The first-order chi connectivity index (χ1) is 9.08. The van der Waals surface area contributed by atoms with Crippen LogP contribution in [-0.4, -0.2) is 24.4 Å². The molecule has 0 aliphatic heterocycles. The molecule has 19 heavy (non-hydrogen) atoms. The second kappa shape index (κ2) is 4.78.